The van der Waals surface area contributed by atoms with Crippen LogP contribution in [0.15, 0.2) is 24.3 Å². The molecule has 1 N–H and O–H groups in total. The van der Waals surface area contributed by atoms with Crippen molar-refractivity contribution in [3.05, 3.63) is 35.4 Å². The molecule has 2 unspecified atom stereocenters. The lowest BCUT2D eigenvalue weighted by atomic mass is 9.86. The largest absolute Gasteiger partial charge is 0.242 e. The molecule has 1 rings (SSSR count). The fourth-order valence-electron chi connectivity index (χ4n) is 1.68. The fraction of sp³-hybridized carbons (Fsp3) is 0.625. The number of hydrogen-bond donors (Lipinski definition) is 1. The second kappa shape index (κ2) is 5.76. The van der Waals surface area contributed by atoms with E-state index in [1.807, 2.05) is 20.8 Å². The van der Waals surface area contributed by atoms with Crippen molar-refractivity contribution in [3.8, 4) is 0 Å². The molecule has 2 nitrogen and oxygen atoms in total. The molecule has 0 aromatic heterocycles. The van der Waals surface area contributed by atoms with Gasteiger partial charge in [-0.2, -0.15) is 0 Å². The number of nitrogens with one attached hydrogen (secondary N) is 1. The van der Waals surface area contributed by atoms with Crippen LogP contribution in [0.4, 0.5) is 0 Å². The van der Waals surface area contributed by atoms with Crippen LogP contribution in [-0.2, 0) is 16.4 Å². The molecule has 0 saturated heterocycles. The van der Waals surface area contributed by atoms with Gasteiger partial charge in [-0.05, 0) is 44.2 Å². The van der Waals surface area contributed by atoms with E-state index >= 15 is 0 Å². The Morgan fingerprint density at radius 3 is 1.84 bits per heavy atom. The first kappa shape index (κ1) is 16.4. The monoisotopic (exact) mass is 281 g/mol. The van der Waals surface area contributed by atoms with Gasteiger partial charge in [-0.15, -0.1) is 0 Å². The maximum Gasteiger partial charge on any atom is 0.0975 e. The van der Waals surface area contributed by atoms with E-state index in [2.05, 4.69) is 56.7 Å². The molecule has 2 atom stereocenters. The van der Waals surface area contributed by atoms with Crippen molar-refractivity contribution in [2.75, 3.05) is 0 Å². The molecule has 108 valence electrons. The first-order valence-electron chi connectivity index (χ1n) is 6.80. The van der Waals surface area contributed by atoms with Gasteiger partial charge in [-0.25, -0.2) is 8.93 Å². The summed E-state index contributed by atoms with van der Waals surface area (Å²) in [6, 6.07) is 8.66. The molecule has 1 aromatic carbocycles. The standard InChI is InChI=1S/C16H27NOS/c1-12(17-19(18)16(5,6)7)13-8-10-14(11-9-13)15(2,3)4/h8-12,17H,1-7H3. The van der Waals surface area contributed by atoms with Crippen LogP contribution in [0.5, 0.6) is 0 Å². The summed E-state index contributed by atoms with van der Waals surface area (Å²) in [6.07, 6.45) is 0. The molecule has 1 aromatic rings. The minimum Gasteiger partial charge on any atom is -0.242 e. The second-order valence-electron chi connectivity index (χ2n) is 7.09. The normalized spacial score (nSPS) is 16.2. The number of benzene rings is 1. The Morgan fingerprint density at radius 1 is 1.00 bits per heavy atom. The molecular formula is C16H27NOS. The van der Waals surface area contributed by atoms with E-state index in [0.717, 1.165) is 0 Å². The summed E-state index contributed by atoms with van der Waals surface area (Å²) in [4.78, 5) is 0. The molecule has 3 heteroatoms. The second-order valence-corrected chi connectivity index (χ2v) is 9.09. The minimum atomic E-state index is -1.04. The van der Waals surface area contributed by atoms with E-state index in [1.54, 1.807) is 0 Å². The predicted octanol–water partition coefficient (Wildman–Crippen LogP) is 4.10. The number of hydrogen-bond acceptors (Lipinski definition) is 1. The average molecular weight is 281 g/mol. The maximum atomic E-state index is 12.1. The van der Waals surface area contributed by atoms with Gasteiger partial charge >= 0.3 is 0 Å². The van der Waals surface area contributed by atoms with Gasteiger partial charge < -0.3 is 0 Å². The smallest absolute Gasteiger partial charge is 0.0975 e. The average Bonchev–Trinajstić information content (AvgIpc) is 2.26. The van der Waals surface area contributed by atoms with E-state index < -0.39 is 11.0 Å². The zero-order valence-electron chi connectivity index (χ0n) is 13.2. The zero-order valence-corrected chi connectivity index (χ0v) is 14.0. The van der Waals surface area contributed by atoms with Gasteiger partial charge in [0, 0.05) is 6.04 Å². The molecule has 19 heavy (non-hydrogen) atoms. The van der Waals surface area contributed by atoms with Crippen LogP contribution in [0.25, 0.3) is 0 Å². The highest BCUT2D eigenvalue weighted by atomic mass is 32.2. The summed E-state index contributed by atoms with van der Waals surface area (Å²) in [6.45, 7) is 14.6. The first-order valence-corrected chi connectivity index (χ1v) is 7.95. The van der Waals surface area contributed by atoms with Crippen molar-refractivity contribution in [1.82, 2.24) is 4.72 Å². The van der Waals surface area contributed by atoms with Crippen LogP contribution >= 0.6 is 0 Å². The highest BCUT2D eigenvalue weighted by Gasteiger charge is 2.22. The third kappa shape index (κ3) is 4.73. The molecule has 0 spiro atoms. The van der Waals surface area contributed by atoms with Gasteiger partial charge in [0.25, 0.3) is 0 Å². The Kier molecular flexibility index (Phi) is 4.97. The molecule has 0 saturated carbocycles. The molecule has 0 amide bonds. The molecule has 0 heterocycles. The molecule has 0 radical (unpaired) electrons. The minimum absolute atomic E-state index is 0.0917. The van der Waals surface area contributed by atoms with Crippen molar-refractivity contribution >= 4 is 11.0 Å². The molecule has 0 bridgehead atoms. The molecular weight excluding hydrogens is 254 g/mol. The molecule has 0 aliphatic rings. The molecule has 0 aliphatic carbocycles. The van der Waals surface area contributed by atoms with Gasteiger partial charge in [-0.1, -0.05) is 45.0 Å². The summed E-state index contributed by atoms with van der Waals surface area (Å²) >= 11 is 0. The summed E-state index contributed by atoms with van der Waals surface area (Å²) in [7, 11) is -1.04. The highest BCUT2D eigenvalue weighted by Crippen LogP contribution is 2.24. The van der Waals surface area contributed by atoms with Crippen LogP contribution in [0.1, 0.15) is 65.6 Å². The predicted molar refractivity (Wildman–Crippen MR) is 84.6 cm³/mol. The Labute approximate surface area is 120 Å². The summed E-state index contributed by atoms with van der Waals surface area (Å²) < 4.78 is 15.0. The quantitative estimate of drug-likeness (QED) is 0.888. The first-order chi connectivity index (χ1) is 8.51. The van der Waals surface area contributed by atoms with Gasteiger partial charge in [0.2, 0.25) is 0 Å². The molecule has 0 fully saturated rings. The summed E-state index contributed by atoms with van der Waals surface area (Å²) in [5, 5.41) is 0. The molecule has 0 aliphatic heterocycles. The van der Waals surface area contributed by atoms with E-state index in [1.165, 1.54) is 11.1 Å². The lowest BCUT2D eigenvalue weighted by Gasteiger charge is -2.23. The highest BCUT2D eigenvalue weighted by molar-refractivity contribution is 7.84. The maximum absolute atomic E-state index is 12.1. The fourth-order valence-corrected chi connectivity index (χ4v) is 2.49. The third-order valence-electron chi connectivity index (χ3n) is 3.12. The van der Waals surface area contributed by atoms with Crippen LogP contribution in [-0.4, -0.2) is 8.96 Å². The van der Waals surface area contributed by atoms with E-state index in [0.29, 0.717) is 0 Å². The van der Waals surface area contributed by atoms with Crippen molar-refractivity contribution in [2.45, 2.75) is 64.7 Å². The number of rotatable bonds is 3. The van der Waals surface area contributed by atoms with Gasteiger partial charge in [-0.3, -0.25) is 0 Å². The summed E-state index contributed by atoms with van der Waals surface area (Å²) in [5.74, 6) is 0. The van der Waals surface area contributed by atoms with Crippen molar-refractivity contribution < 1.29 is 4.21 Å². The van der Waals surface area contributed by atoms with Crippen LogP contribution in [0.2, 0.25) is 0 Å². The van der Waals surface area contributed by atoms with Gasteiger partial charge in [0.05, 0.1) is 15.7 Å². The Bertz CT molecular complexity index is 437. The van der Waals surface area contributed by atoms with Crippen LogP contribution < -0.4 is 4.72 Å². The van der Waals surface area contributed by atoms with E-state index in [-0.39, 0.29) is 16.2 Å². The topological polar surface area (TPSA) is 29.1 Å². The Hall–Kier alpha value is -0.670. The lowest BCUT2D eigenvalue weighted by Crippen LogP contribution is -2.34. The third-order valence-corrected chi connectivity index (χ3v) is 4.80. The van der Waals surface area contributed by atoms with Crippen molar-refractivity contribution in [3.63, 3.8) is 0 Å². The van der Waals surface area contributed by atoms with E-state index in [4.69, 9.17) is 0 Å². The van der Waals surface area contributed by atoms with E-state index in [9.17, 15) is 4.21 Å². The lowest BCUT2D eigenvalue weighted by molar-refractivity contribution is 0.588. The SMILES string of the molecule is CC(NS(=O)C(C)(C)C)c1ccc(C(C)(C)C)cc1. The Balaban J connectivity index is 2.79. The van der Waals surface area contributed by atoms with Gasteiger partial charge in [0.1, 0.15) is 0 Å². The van der Waals surface area contributed by atoms with Crippen molar-refractivity contribution in [2.24, 2.45) is 0 Å². The zero-order chi connectivity index (χ0) is 14.8. The van der Waals surface area contributed by atoms with Gasteiger partial charge in [0.15, 0.2) is 0 Å². The summed E-state index contributed by atoms with van der Waals surface area (Å²) in [5.41, 5.74) is 2.66. The Morgan fingerprint density at radius 2 is 1.47 bits per heavy atom. The van der Waals surface area contributed by atoms with Crippen LogP contribution in [0, 0.1) is 0 Å². The van der Waals surface area contributed by atoms with Crippen molar-refractivity contribution in [1.29, 1.82) is 0 Å². The van der Waals surface area contributed by atoms with Crippen LogP contribution in [0.3, 0.4) is 0 Å².